The Morgan fingerprint density at radius 1 is 1.05 bits per heavy atom. The van der Waals surface area contributed by atoms with Crippen molar-refractivity contribution in [2.45, 2.75) is 0 Å². The minimum atomic E-state index is 0.458. The summed E-state index contributed by atoms with van der Waals surface area (Å²) in [5.41, 5.74) is 0.888. The van der Waals surface area contributed by atoms with Gasteiger partial charge in [0.1, 0.15) is 5.82 Å². The van der Waals surface area contributed by atoms with Gasteiger partial charge in [-0.2, -0.15) is 0 Å². The van der Waals surface area contributed by atoms with E-state index < -0.39 is 0 Å². The number of aromatic nitrogens is 2. The molecule has 0 spiro atoms. The molecule has 6 heteroatoms. The molecule has 0 saturated heterocycles. The second-order valence-corrected chi connectivity index (χ2v) is 5.24. The summed E-state index contributed by atoms with van der Waals surface area (Å²) < 4.78 is 0. The summed E-state index contributed by atoms with van der Waals surface area (Å²) in [4.78, 5) is 8.54. The number of benzene rings is 1. The summed E-state index contributed by atoms with van der Waals surface area (Å²) in [7, 11) is 1.76. The molecule has 1 aromatic carbocycles. The summed E-state index contributed by atoms with van der Waals surface area (Å²) in [6, 6.07) is 9.56. The van der Waals surface area contributed by atoms with Gasteiger partial charge in [-0.05, 0) is 23.6 Å². The Kier molecular flexibility index (Phi) is 3.82. The lowest BCUT2D eigenvalue weighted by Crippen LogP contribution is -2.00. The van der Waals surface area contributed by atoms with E-state index in [2.05, 4.69) is 20.6 Å². The number of hydrogen-bond donors (Lipinski definition) is 2. The first kappa shape index (κ1) is 13.9. The van der Waals surface area contributed by atoms with Gasteiger partial charge in [0.05, 0.1) is 10.0 Å². The van der Waals surface area contributed by atoms with E-state index in [1.807, 2.05) is 24.3 Å². The molecule has 4 nitrogen and oxygen atoms in total. The zero-order valence-electron chi connectivity index (χ0n) is 11.2. The highest BCUT2D eigenvalue weighted by atomic mass is 35.5. The summed E-state index contributed by atoms with van der Waals surface area (Å²) in [6.07, 6.45) is 3.57. The van der Waals surface area contributed by atoms with Crippen LogP contribution in [0.2, 0.25) is 10.0 Å². The van der Waals surface area contributed by atoms with E-state index in [-0.39, 0.29) is 0 Å². The molecule has 0 radical (unpaired) electrons. The van der Waals surface area contributed by atoms with Crippen LogP contribution in [-0.2, 0) is 0 Å². The molecule has 0 aliphatic heterocycles. The zero-order valence-corrected chi connectivity index (χ0v) is 12.7. The van der Waals surface area contributed by atoms with Crippen molar-refractivity contribution in [2.75, 3.05) is 17.7 Å². The second-order valence-electron chi connectivity index (χ2n) is 4.43. The largest absolute Gasteiger partial charge is 0.372 e. The minimum absolute atomic E-state index is 0.458. The molecule has 3 aromatic rings. The summed E-state index contributed by atoms with van der Waals surface area (Å²) in [6.45, 7) is 0. The van der Waals surface area contributed by atoms with E-state index in [0.717, 1.165) is 16.5 Å². The molecule has 0 saturated carbocycles. The number of nitrogens with zero attached hydrogens (tertiary/aromatic N) is 2. The molecule has 0 fully saturated rings. The van der Waals surface area contributed by atoms with Gasteiger partial charge in [0.15, 0.2) is 5.82 Å². The molecule has 3 rings (SSSR count). The molecule has 0 bridgehead atoms. The van der Waals surface area contributed by atoms with E-state index in [1.165, 1.54) is 0 Å². The normalized spacial score (nSPS) is 10.6. The molecule has 21 heavy (non-hydrogen) atoms. The van der Waals surface area contributed by atoms with Crippen molar-refractivity contribution < 1.29 is 0 Å². The topological polar surface area (TPSA) is 49.8 Å². The van der Waals surface area contributed by atoms with Crippen LogP contribution in [-0.4, -0.2) is 17.0 Å². The van der Waals surface area contributed by atoms with Gasteiger partial charge in [-0.3, -0.25) is 4.98 Å². The molecule has 2 heterocycles. The van der Waals surface area contributed by atoms with Gasteiger partial charge < -0.3 is 10.6 Å². The lowest BCUT2D eigenvalue weighted by atomic mass is 10.1. The quantitative estimate of drug-likeness (QED) is 0.733. The van der Waals surface area contributed by atoms with Crippen molar-refractivity contribution in [2.24, 2.45) is 0 Å². The van der Waals surface area contributed by atoms with Gasteiger partial charge in [0.2, 0.25) is 0 Å². The Bertz CT molecular complexity index is 800. The standard InChI is InChI=1S/C15H12Cl2N4/c1-18-14-11(16)7-12(17)15(21-14)20-13-4-2-3-9-5-6-19-8-10(9)13/h2-8H,1H3,(H2,18,20,21). The first-order valence-corrected chi connectivity index (χ1v) is 7.08. The number of anilines is 3. The third-order valence-corrected chi connectivity index (χ3v) is 3.68. The average molecular weight is 319 g/mol. The predicted octanol–water partition coefficient (Wildman–Crippen LogP) is 4.72. The Morgan fingerprint density at radius 3 is 2.67 bits per heavy atom. The van der Waals surface area contributed by atoms with Crippen molar-refractivity contribution in [3.63, 3.8) is 0 Å². The smallest absolute Gasteiger partial charge is 0.151 e. The number of rotatable bonds is 3. The van der Waals surface area contributed by atoms with Crippen LogP contribution in [0.5, 0.6) is 0 Å². The van der Waals surface area contributed by atoms with Crippen LogP contribution in [0.1, 0.15) is 0 Å². The number of pyridine rings is 2. The third-order valence-electron chi connectivity index (χ3n) is 3.10. The maximum atomic E-state index is 6.21. The first-order chi connectivity index (χ1) is 10.2. The molecule has 0 amide bonds. The summed E-state index contributed by atoms with van der Waals surface area (Å²) in [5, 5.41) is 9.20. The molecule has 0 unspecified atom stereocenters. The molecule has 0 aliphatic rings. The van der Waals surface area contributed by atoms with Gasteiger partial charge in [-0.25, -0.2) is 4.98 Å². The number of nitrogens with one attached hydrogen (secondary N) is 2. The lowest BCUT2D eigenvalue weighted by Gasteiger charge is -2.12. The molecule has 0 aliphatic carbocycles. The SMILES string of the molecule is CNc1nc(Nc2cccc3ccncc23)c(Cl)cc1Cl. The number of hydrogen-bond acceptors (Lipinski definition) is 4. The molecule has 106 valence electrons. The fourth-order valence-electron chi connectivity index (χ4n) is 2.08. The van der Waals surface area contributed by atoms with Crippen LogP contribution < -0.4 is 10.6 Å². The molecule has 2 N–H and O–H groups in total. The minimum Gasteiger partial charge on any atom is -0.372 e. The van der Waals surface area contributed by atoms with E-state index in [4.69, 9.17) is 23.2 Å². The average Bonchev–Trinajstić information content (AvgIpc) is 2.50. The first-order valence-electron chi connectivity index (χ1n) is 6.32. The fourth-order valence-corrected chi connectivity index (χ4v) is 2.58. The van der Waals surface area contributed by atoms with Gasteiger partial charge >= 0.3 is 0 Å². The Morgan fingerprint density at radius 2 is 1.86 bits per heavy atom. The highest BCUT2D eigenvalue weighted by molar-refractivity contribution is 6.37. The van der Waals surface area contributed by atoms with Crippen LogP contribution in [0.25, 0.3) is 10.8 Å². The lowest BCUT2D eigenvalue weighted by molar-refractivity contribution is 1.28. The fraction of sp³-hybridized carbons (Fsp3) is 0.0667. The van der Waals surface area contributed by atoms with Crippen molar-refractivity contribution in [1.29, 1.82) is 0 Å². The summed E-state index contributed by atoms with van der Waals surface area (Å²) >= 11 is 12.3. The molecular weight excluding hydrogens is 307 g/mol. The monoisotopic (exact) mass is 318 g/mol. The number of halogens is 2. The van der Waals surface area contributed by atoms with Gasteiger partial charge in [0, 0.05) is 30.5 Å². The van der Waals surface area contributed by atoms with Crippen molar-refractivity contribution in [3.05, 3.63) is 52.8 Å². The zero-order chi connectivity index (χ0) is 14.8. The van der Waals surface area contributed by atoms with Crippen LogP contribution >= 0.6 is 23.2 Å². The van der Waals surface area contributed by atoms with Crippen molar-refractivity contribution in [3.8, 4) is 0 Å². The summed E-state index contributed by atoms with van der Waals surface area (Å²) in [5.74, 6) is 1.11. The van der Waals surface area contributed by atoms with Gasteiger partial charge in [-0.15, -0.1) is 0 Å². The van der Waals surface area contributed by atoms with E-state index in [1.54, 1.807) is 25.5 Å². The van der Waals surface area contributed by atoms with Crippen molar-refractivity contribution >= 4 is 51.3 Å². The number of fused-ring (bicyclic) bond motifs is 1. The van der Waals surface area contributed by atoms with Crippen molar-refractivity contribution in [1.82, 2.24) is 9.97 Å². The second kappa shape index (κ2) is 5.76. The maximum absolute atomic E-state index is 6.21. The highest BCUT2D eigenvalue weighted by Gasteiger charge is 2.10. The van der Waals surface area contributed by atoms with Crippen LogP contribution in [0.4, 0.5) is 17.3 Å². The Labute approximate surface area is 132 Å². The third kappa shape index (κ3) is 2.73. The molecule has 0 atom stereocenters. The highest BCUT2D eigenvalue weighted by Crippen LogP contribution is 2.32. The molecule has 2 aromatic heterocycles. The van der Waals surface area contributed by atoms with Crippen LogP contribution in [0.3, 0.4) is 0 Å². The van der Waals surface area contributed by atoms with Crippen LogP contribution in [0.15, 0.2) is 42.7 Å². The van der Waals surface area contributed by atoms with E-state index in [9.17, 15) is 0 Å². The Balaban J connectivity index is 2.07. The van der Waals surface area contributed by atoms with Crippen LogP contribution in [0, 0.1) is 0 Å². The maximum Gasteiger partial charge on any atom is 0.151 e. The van der Waals surface area contributed by atoms with Gasteiger partial charge in [0.25, 0.3) is 0 Å². The predicted molar refractivity (Wildman–Crippen MR) is 88.8 cm³/mol. The Hall–Kier alpha value is -2.04. The van der Waals surface area contributed by atoms with Gasteiger partial charge in [-0.1, -0.05) is 35.3 Å². The van der Waals surface area contributed by atoms with E-state index >= 15 is 0 Å². The van der Waals surface area contributed by atoms with E-state index in [0.29, 0.717) is 21.7 Å². The molecular formula is C15H12Cl2N4.